The van der Waals surface area contributed by atoms with Crippen molar-refractivity contribution in [1.29, 1.82) is 0 Å². The van der Waals surface area contributed by atoms with Crippen LogP contribution in [0.2, 0.25) is 0 Å². The molecular formula is C13H16N2O3S. The molecule has 1 unspecified atom stereocenters. The van der Waals surface area contributed by atoms with Gasteiger partial charge in [0.05, 0.1) is 18.0 Å². The van der Waals surface area contributed by atoms with Crippen LogP contribution in [0.1, 0.15) is 5.56 Å². The first kappa shape index (κ1) is 15.1. The molecule has 0 aliphatic rings. The van der Waals surface area contributed by atoms with Crippen LogP contribution in [0.4, 0.5) is 0 Å². The molecule has 1 rings (SSSR count). The van der Waals surface area contributed by atoms with Crippen LogP contribution in [0.15, 0.2) is 30.3 Å². The Labute approximate surface area is 117 Å². The number of hydrogen-bond acceptors (Lipinski definition) is 4. The Bertz CT molecular complexity index is 462. The largest absolute Gasteiger partial charge is 0.468 e. The SMILES string of the molecule is COC(=O)CNC(=O)C(Cc1ccccc1)C(N)=S. The van der Waals surface area contributed by atoms with Gasteiger partial charge in [-0.25, -0.2) is 0 Å². The monoisotopic (exact) mass is 280 g/mol. The zero-order chi connectivity index (χ0) is 14.3. The molecule has 0 aromatic heterocycles. The van der Waals surface area contributed by atoms with E-state index >= 15 is 0 Å². The van der Waals surface area contributed by atoms with Crippen molar-refractivity contribution in [3.05, 3.63) is 35.9 Å². The lowest BCUT2D eigenvalue weighted by atomic mass is 9.98. The lowest BCUT2D eigenvalue weighted by Gasteiger charge is -2.15. The number of benzene rings is 1. The predicted molar refractivity (Wildman–Crippen MR) is 75.4 cm³/mol. The van der Waals surface area contributed by atoms with Crippen molar-refractivity contribution in [2.45, 2.75) is 6.42 Å². The summed E-state index contributed by atoms with van der Waals surface area (Å²) in [4.78, 5) is 23.0. The first-order chi connectivity index (χ1) is 9.04. The molecule has 6 heteroatoms. The van der Waals surface area contributed by atoms with E-state index in [0.29, 0.717) is 6.42 Å². The molecule has 1 aromatic carbocycles. The van der Waals surface area contributed by atoms with Crippen LogP contribution in [0.25, 0.3) is 0 Å². The molecule has 102 valence electrons. The topological polar surface area (TPSA) is 81.4 Å². The minimum Gasteiger partial charge on any atom is -0.468 e. The average molecular weight is 280 g/mol. The average Bonchev–Trinajstić information content (AvgIpc) is 2.42. The number of thiocarbonyl (C=S) groups is 1. The third-order valence-corrected chi connectivity index (χ3v) is 2.86. The van der Waals surface area contributed by atoms with Crippen molar-refractivity contribution in [1.82, 2.24) is 5.32 Å². The van der Waals surface area contributed by atoms with Crippen molar-refractivity contribution >= 4 is 29.1 Å². The number of hydrogen-bond donors (Lipinski definition) is 2. The number of nitrogens with two attached hydrogens (primary N) is 1. The van der Waals surface area contributed by atoms with Crippen molar-refractivity contribution in [2.24, 2.45) is 11.7 Å². The van der Waals surface area contributed by atoms with Gasteiger partial charge in [-0.15, -0.1) is 0 Å². The van der Waals surface area contributed by atoms with Crippen LogP contribution in [0, 0.1) is 5.92 Å². The lowest BCUT2D eigenvalue weighted by Crippen LogP contribution is -2.41. The van der Waals surface area contributed by atoms with E-state index in [9.17, 15) is 9.59 Å². The van der Waals surface area contributed by atoms with Crippen molar-refractivity contribution in [2.75, 3.05) is 13.7 Å². The smallest absolute Gasteiger partial charge is 0.325 e. The third kappa shape index (κ3) is 5.05. The molecule has 0 bridgehead atoms. The Hall–Kier alpha value is -1.95. The summed E-state index contributed by atoms with van der Waals surface area (Å²) in [5.74, 6) is -1.53. The molecule has 0 spiro atoms. The quantitative estimate of drug-likeness (QED) is 0.583. The fourth-order valence-corrected chi connectivity index (χ4v) is 1.72. The highest BCUT2D eigenvalue weighted by atomic mass is 32.1. The Balaban J connectivity index is 2.65. The molecule has 0 aliphatic carbocycles. The van der Waals surface area contributed by atoms with E-state index in [4.69, 9.17) is 18.0 Å². The Morgan fingerprint density at radius 2 is 2.00 bits per heavy atom. The standard InChI is InChI=1S/C13H16N2O3S/c1-18-11(16)8-15-13(17)10(12(14)19)7-9-5-3-2-4-6-9/h2-6,10H,7-8H2,1H3,(H2,14,19)(H,15,17). The summed E-state index contributed by atoms with van der Waals surface area (Å²) in [5.41, 5.74) is 6.53. The summed E-state index contributed by atoms with van der Waals surface area (Å²) < 4.78 is 4.44. The summed E-state index contributed by atoms with van der Waals surface area (Å²) in [6.07, 6.45) is 0.406. The number of carbonyl (C=O) groups is 2. The van der Waals surface area contributed by atoms with E-state index in [1.165, 1.54) is 7.11 Å². The summed E-state index contributed by atoms with van der Waals surface area (Å²) >= 11 is 4.90. The van der Waals surface area contributed by atoms with E-state index in [2.05, 4.69) is 10.1 Å². The van der Waals surface area contributed by atoms with Gasteiger partial charge in [-0.2, -0.15) is 0 Å². The molecule has 1 amide bonds. The fourth-order valence-electron chi connectivity index (χ4n) is 1.53. The van der Waals surface area contributed by atoms with Gasteiger partial charge in [-0.3, -0.25) is 9.59 Å². The van der Waals surface area contributed by atoms with Crippen LogP contribution in [-0.2, 0) is 20.7 Å². The maximum atomic E-state index is 11.9. The van der Waals surface area contributed by atoms with Crippen molar-refractivity contribution in [3.8, 4) is 0 Å². The van der Waals surface area contributed by atoms with E-state index in [1.807, 2.05) is 30.3 Å². The minimum absolute atomic E-state index is 0.103. The first-order valence-corrected chi connectivity index (χ1v) is 6.13. The van der Waals surface area contributed by atoms with Gasteiger partial charge in [0.2, 0.25) is 5.91 Å². The van der Waals surface area contributed by atoms with Gasteiger partial charge >= 0.3 is 5.97 Å². The molecule has 0 aliphatic heterocycles. The van der Waals surface area contributed by atoms with Crippen molar-refractivity contribution < 1.29 is 14.3 Å². The molecule has 1 atom stereocenters. The van der Waals surface area contributed by atoms with E-state index in [1.54, 1.807) is 0 Å². The summed E-state index contributed by atoms with van der Waals surface area (Å²) in [6.45, 7) is -0.191. The molecule has 0 heterocycles. The van der Waals surface area contributed by atoms with Crippen LogP contribution in [0.3, 0.4) is 0 Å². The van der Waals surface area contributed by atoms with Crippen LogP contribution < -0.4 is 11.1 Å². The number of carbonyl (C=O) groups excluding carboxylic acids is 2. The Kier molecular flexibility index (Phi) is 5.95. The zero-order valence-electron chi connectivity index (χ0n) is 10.6. The molecule has 5 nitrogen and oxygen atoms in total. The lowest BCUT2D eigenvalue weighted by molar-refractivity contribution is -0.141. The summed E-state index contributed by atoms with van der Waals surface area (Å²) in [6, 6.07) is 9.41. The highest BCUT2D eigenvalue weighted by molar-refractivity contribution is 7.80. The number of ether oxygens (including phenoxy) is 1. The van der Waals surface area contributed by atoms with Crippen LogP contribution in [0.5, 0.6) is 0 Å². The van der Waals surface area contributed by atoms with Crippen LogP contribution in [-0.4, -0.2) is 30.5 Å². The highest BCUT2D eigenvalue weighted by Gasteiger charge is 2.22. The molecule has 1 aromatic rings. The van der Waals surface area contributed by atoms with Gasteiger partial charge in [0.15, 0.2) is 0 Å². The number of methoxy groups -OCH3 is 1. The molecule has 0 fully saturated rings. The van der Waals surface area contributed by atoms with Gasteiger partial charge in [-0.05, 0) is 12.0 Å². The van der Waals surface area contributed by atoms with E-state index in [0.717, 1.165) is 5.56 Å². The van der Waals surface area contributed by atoms with Gasteiger partial charge in [0.1, 0.15) is 6.54 Å². The molecule has 0 radical (unpaired) electrons. The molecule has 0 saturated carbocycles. The molecular weight excluding hydrogens is 264 g/mol. The second-order valence-corrected chi connectivity index (χ2v) is 4.41. The Morgan fingerprint density at radius 1 is 1.37 bits per heavy atom. The Morgan fingerprint density at radius 3 is 2.53 bits per heavy atom. The minimum atomic E-state index is -0.637. The second kappa shape index (κ2) is 7.48. The maximum Gasteiger partial charge on any atom is 0.325 e. The highest BCUT2D eigenvalue weighted by Crippen LogP contribution is 2.09. The predicted octanol–water partition coefficient (Wildman–Crippen LogP) is 0.421. The molecule has 3 N–H and O–H groups in total. The van der Waals surface area contributed by atoms with E-state index in [-0.39, 0.29) is 17.4 Å². The molecule has 0 saturated heterocycles. The van der Waals surface area contributed by atoms with E-state index < -0.39 is 11.9 Å². The second-order valence-electron chi connectivity index (χ2n) is 3.94. The normalized spacial score (nSPS) is 11.4. The zero-order valence-corrected chi connectivity index (χ0v) is 11.4. The summed E-state index contributed by atoms with van der Waals surface area (Å²) in [5, 5.41) is 2.45. The third-order valence-electron chi connectivity index (χ3n) is 2.58. The number of esters is 1. The van der Waals surface area contributed by atoms with Gasteiger partial charge in [0, 0.05) is 0 Å². The first-order valence-electron chi connectivity index (χ1n) is 5.72. The maximum absolute atomic E-state index is 11.9. The number of nitrogens with one attached hydrogen (secondary N) is 1. The van der Waals surface area contributed by atoms with Gasteiger partial charge in [-0.1, -0.05) is 42.5 Å². The van der Waals surface area contributed by atoms with Gasteiger partial charge in [0.25, 0.3) is 0 Å². The number of rotatable bonds is 6. The molecule has 19 heavy (non-hydrogen) atoms. The summed E-state index contributed by atoms with van der Waals surface area (Å²) in [7, 11) is 1.25. The van der Waals surface area contributed by atoms with Crippen molar-refractivity contribution in [3.63, 3.8) is 0 Å². The van der Waals surface area contributed by atoms with Gasteiger partial charge < -0.3 is 15.8 Å². The number of amides is 1. The van der Waals surface area contributed by atoms with Crippen LogP contribution >= 0.6 is 12.2 Å². The fraction of sp³-hybridized carbons (Fsp3) is 0.308.